The molecule has 27 heavy (non-hydrogen) atoms. The number of rotatable bonds is 4. The van der Waals surface area contributed by atoms with Crippen molar-refractivity contribution in [2.24, 2.45) is 0 Å². The monoisotopic (exact) mass is 512 g/mol. The van der Waals surface area contributed by atoms with Crippen LogP contribution in [0.2, 0.25) is 5.02 Å². The summed E-state index contributed by atoms with van der Waals surface area (Å²) in [5.41, 5.74) is 1.13. The third kappa shape index (κ3) is 4.77. The van der Waals surface area contributed by atoms with Crippen LogP contribution in [-0.2, 0) is 16.2 Å². The predicted octanol–water partition coefficient (Wildman–Crippen LogP) is 4.19. The summed E-state index contributed by atoms with van der Waals surface area (Å²) in [4.78, 5) is 35.2. The fraction of sp³-hybridized carbons (Fsp3) is 0.0556. The van der Waals surface area contributed by atoms with Gasteiger partial charge >= 0.3 is 6.03 Å². The van der Waals surface area contributed by atoms with Crippen molar-refractivity contribution in [1.82, 2.24) is 10.6 Å². The van der Waals surface area contributed by atoms with Crippen LogP contribution in [0, 0.1) is 0 Å². The van der Waals surface area contributed by atoms with Crippen molar-refractivity contribution >= 4 is 67.4 Å². The first-order chi connectivity index (χ1) is 12.8. The maximum absolute atomic E-state index is 12.0. The Morgan fingerprint density at radius 2 is 1.74 bits per heavy atom. The zero-order chi connectivity index (χ0) is 19.6. The van der Waals surface area contributed by atoms with Gasteiger partial charge in [0.2, 0.25) is 0 Å². The number of carbonyl (C=O) groups is 3. The number of barbiturate groups is 1. The van der Waals surface area contributed by atoms with Crippen molar-refractivity contribution in [3.05, 3.63) is 67.1 Å². The molecule has 1 fully saturated rings. The molecular weight excluding hydrogens is 503 g/mol. The lowest BCUT2D eigenvalue weighted by atomic mass is 10.1. The van der Waals surface area contributed by atoms with Gasteiger partial charge in [-0.25, -0.2) is 4.79 Å². The van der Waals surface area contributed by atoms with E-state index < -0.39 is 17.8 Å². The number of ether oxygens (including phenoxy) is 1. The van der Waals surface area contributed by atoms with Gasteiger partial charge < -0.3 is 4.74 Å². The molecule has 1 heterocycles. The number of amides is 4. The molecule has 6 nitrogen and oxygen atoms in total. The topological polar surface area (TPSA) is 84.5 Å². The van der Waals surface area contributed by atoms with E-state index in [9.17, 15) is 14.4 Å². The second kappa shape index (κ2) is 8.24. The van der Waals surface area contributed by atoms with E-state index in [-0.39, 0.29) is 12.2 Å². The highest BCUT2D eigenvalue weighted by molar-refractivity contribution is 9.11. The average molecular weight is 515 g/mol. The molecule has 2 N–H and O–H groups in total. The molecule has 1 aliphatic rings. The predicted molar refractivity (Wildman–Crippen MR) is 107 cm³/mol. The molecule has 0 aromatic heterocycles. The highest BCUT2D eigenvalue weighted by Crippen LogP contribution is 2.35. The highest BCUT2D eigenvalue weighted by Gasteiger charge is 2.28. The molecule has 0 saturated carbocycles. The van der Waals surface area contributed by atoms with Crippen molar-refractivity contribution in [3.8, 4) is 5.75 Å². The van der Waals surface area contributed by atoms with Gasteiger partial charge in [0.05, 0.1) is 4.47 Å². The summed E-state index contributed by atoms with van der Waals surface area (Å²) in [6.07, 6.45) is 1.36. The summed E-state index contributed by atoms with van der Waals surface area (Å²) in [5.74, 6) is -1.12. The molecule has 3 rings (SSSR count). The quantitative estimate of drug-likeness (QED) is 0.473. The standard InChI is InChI=1S/C18H11Br2ClN2O4/c19-11-5-10(6-13-16(24)22-18(26)23-17(13)25)15(14(20)7-11)27-8-9-2-1-3-12(21)4-9/h1-7H,8H2,(H2,22,23,24,25,26). The Bertz CT molecular complexity index is 969. The largest absolute Gasteiger partial charge is 0.487 e. The van der Waals surface area contributed by atoms with Crippen LogP contribution in [0.15, 0.2) is 50.9 Å². The molecule has 1 saturated heterocycles. The van der Waals surface area contributed by atoms with E-state index in [4.69, 9.17) is 16.3 Å². The van der Waals surface area contributed by atoms with Crippen molar-refractivity contribution in [2.45, 2.75) is 6.61 Å². The minimum absolute atomic E-state index is 0.202. The number of hydrogen-bond donors (Lipinski definition) is 2. The van der Waals surface area contributed by atoms with Gasteiger partial charge in [0, 0.05) is 15.1 Å². The van der Waals surface area contributed by atoms with Crippen LogP contribution in [0.4, 0.5) is 4.79 Å². The molecule has 0 atom stereocenters. The second-order valence-electron chi connectivity index (χ2n) is 5.52. The molecule has 0 spiro atoms. The molecule has 2 aromatic carbocycles. The summed E-state index contributed by atoms with van der Waals surface area (Å²) in [6.45, 7) is 0.230. The Kier molecular flexibility index (Phi) is 5.98. The number of imide groups is 2. The maximum atomic E-state index is 12.0. The Morgan fingerprint density at radius 1 is 1.04 bits per heavy atom. The molecule has 2 aromatic rings. The summed E-state index contributed by atoms with van der Waals surface area (Å²) >= 11 is 12.8. The smallest absolute Gasteiger partial charge is 0.328 e. The van der Waals surface area contributed by atoms with Gasteiger partial charge in [-0.2, -0.15) is 0 Å². The zero-order valence-corrected chi connectivity index (χ0v) is 17.4. The first-order valence-corrected chi connectivity index (χ1v) is 9.54. The van der Waals surface area contributed by atoms with E-state index in [2.05, 4.69) is 31.9 Å². The van der Waals surface area contributed by atoms with Crippen LogP contribution in [0.3, 0.4) is 0 Å². The molecule has 9 heteroatoms. The van der Waals surface area contributed by atoms with Crippen molar-refractivity contribution < 1.29 is 19.1 Å². The summed E-state index contributed by atoms with van der Waals surface area (Å²) in [7, 11) is 0. The lowest BCUT2D eigenvalue weighted by Gasteiger charge is -2.16. The number of benzene rings is 2. The fourth-order valence-electron chi connectivity index (χ4n) is 2.38. The maximum Gasteiger partial charge on any atom is 0.328 e. The van der Waals surface area contributed by atoms with Gasteiger partial charge in [-0.05, 0) is 51.8 Å². The SMILES string of the molecule is O=C1NC(=O)C(=Cc2cc(Br)cc(Br)c2OCc2cccc(Cl)c2)C(=O)N1. The Balaban J connectivity index is 1.95. The number of urea groups is 1. The van der Waals surface area contributed by atoms with Gasteiger partial charge in [-0.3, -0.25) is 20.2 Å². The minimum atomic E-state index is -0.852. The molecule has 0 bridgehead atoms. The molecule has 0 unspecified atom stereocenters. The van der Waals surface area contributed by atoms with Gasteiger partial charge in [0.15, 0.2) is 0 Å². The summed E-state index contributed by atoms with van der Waals surface area (Å²) in [6, 6.07) is 9.84. The second-order valence-corrected chi connectivity index (χ2v) is 7.73. The van der Waals surface area contributed by atoms with E-state index in [0.717, 1.165) is 5.56 Å². The fourth-order valence-corrected chi connectivity index (χ4v) is 3.97. The van der Waals surface area contributed by atoms with Crippen molar-refractivity contribution in [2.75, 3.05) is 0 Å². The molecule has 138 valence electrons. The third-order valence-corrected chi connectivity index (χ3v) is 4.83. The lowest BCUT2D eigenvalue weighted by molar-refractivity contribution is -0.123. The first-order valence-electron chi connectivity index (χ1n) is 7.58. The summed E-state index contributed by atoms with van der Waals surface area (Å²) in [5, 5.41) is 4.66. The zero-order valence-electron chi connectivity index (χ0n) is 13.5. The van der Waals surface area contributed by atoms with Crippen LogP contribution < -0.4 is 15.4 Å². The lowest BCUT2D eigenvalue weighted by Crippen LogP contribution is -2.51. The highest BCUT2D eigenvalue weighted by atomic mass is 79.9. The van der Waals surface area contributed by atoms with Gasteiger partial charge in [0.1, 0.15) is 17.9 Å². The number of nitrogens with one attached hydrogen (secondary N) is 2. The van der Waals surface area contributed by atoms with Crippen LogP contribution in [0.25, 0.3) is 6.08 Å². The normalized spacial score (nSPS) is 13.9. The van der Waals surface area contributed by atoms with Gasteiger partial charge in [-0.15, -0.1) is 0 Å². The average Bonchev–Trinajstić information content (AvgIpc) is 2.57. The number of hydrogen-bond acceptors (Lipinski definition) is 4. The molecule has 4 amide bonds. The van der Waals surface area contributed by atoms with E-state index in [1.165, 1.54) is 6.08 Å². The Hall–Kier alpha value is -2.16. The van der Waals surface area contributed by atoms with Crippen molar-refractivity contribution in [1.29, 1.82) is 0 Å². The van der Waals surface area contributed by atoms with E-state index in [1.807, 2.05) is 22.8 Å². The Labute approximate surface area is 176 Å². The van der Waals surface area contributed by atoms with E-state index in [0.29, 0.717) is 25.3 Å². The van der Waals surface area contributed by atoms with Crippen LogP contribution >= 0.6 is 43.5 Å². The summed E-state index contributed by atoms with van der Waals surface area (Å²) < 4.78 is 7.23. The van der Waals surface area contributed by atoms with E-state index in [1.54, 1.807) is 24.3 Å². The molecular formula is C18H11Br2ClN2O4. The van der Waals surface area contributed by atoms with Crippen LogP contribution in [0.5, 0.6) is 5.75 Å². The first kappa shape index (κ1) is 19.6. The number of carbonyl (C=O) groups excluding carboxylic acids is 3. The van der Waals surface area contributed by atoms with Gasteiger partial charge in [-0.1, -0.05) is 39.7 Å². The van der Waals surface area contributed by atoms with Gasteiger partial charge in [0.25, 0.3) is 11.8 Å². The molecule has 0 radical (unpaired) electrons. The minimum Gasteiger partial charge on any atom is -0.487 e. The molecule has 1 aliphatic heterocycles. The third-order valence-electron chi connectivity index (χ3n) is 3.55. The Morgan fingerprint density at radius 3 is 2.41 bits per heavy atom. The van der Waals surface area contributed by atoms with Crippen LogP contribution in [-0.4, -0.2) is 17.8 Å². The molecule has 0 aliphatic carbocycles. The van der Waals surface area contributed by atoms with E-state index >= 15 is 0 Å². The van der Waals surface area contributed by atoms with Crippen LogP contribution in [0.1, 0.15) is 11.1 Å². The van der Waals surface area contributed by atoms with Crippen molar-refractivity contribution in [3.63, 3.8) is 0 Å². The number of halogens is 3.